The van der Waals surface area contributed by atoms with E-state index in [0.717, 1.165) is 4.57 Å². The number of rotatable bonds is 5. The molecule has 0 unspecified atom stereocenters. The third-order valence-electron chi connectivity index (χ3n) is 2.94. The van der Waals surface area contributed by atoms with Crippen molar-refractivity contribution in [2.24, 2.45) is 0 Å². The van der Waals surface area contributed by atoms with E-state index in [9.17, 15) is 15.0 Å². The minimum atomic E-state index is -1.32. The normalized spacial score (nSPS) is 29.6. The maximum absolute atomic E-state index is 11.9. The minimum Gasteiger partial charge on any atom is -0.394 e. The van der Waals surface area contributed by atoms with Crippen LogP contribution in [0.2, 0.25) is 0 Å². The first-order valence-electron chi connectivity index (χ1n) is 6.18. The number of aliphatic hydroxyl groups is 3. The lowest BCUT2D eigenvalue weighted by atomic mass is 10.1. The van der Waals surface area contributed by atoms with Crippen molar-refractivity contribution in [2.75, 3.05) is 18.7 Å². The summed E-state index contributed by atoms with van der Waals surface area (Å²) in [5.74, 6) is 0.222. The van der Waals surface area contributed by atoms with Crippen LogP contribution in [-0.2, 0) is 9.57 Å². The number of hydrogen-bond acceptors (Lipinski definition) is 8. The molecule has 1 aliphatic heterocycles. The molecule has 0 aliphatic carbocycles. The second-order valence-electron chi connectivity index (χ2n) is 4.27. The summed E-state index contributed by atoms with van der Waals surface area (Å²) >= 11 is 0. The molecular formula is C11H17N3O6. The average molecular weight is 287 g/mol. The number of hydrogen-bond donors (Lipinski definition) is 4. The second kappa shape index (κ2) is 6.29. The van der Waals surface area contributed by atoms with Gasteiger partial charge < -0.3 is 20.1 Å². The van der Waals surface area contributed by atoms with Crippen LogP contribution in [0, 0.1) is 0 Å². The maximum atomic E-state index is 11.9. The molecule has 9 nitrogen and oxygen atoms in total. The van der Waals surface area contributed by atoms with Gasteiger partial charge in [-0.3, -0.25) is 9.40 Å². The summed E-state index contributed by atoms with van der Waals surface area (Å²) in [4.78, 5) is 20.5. The number of nitrogens with zero attached hydrogens (tertiary/aromatic N) is 2. The molecule has 0 aromatic carbocycles. The van der Waals surface area contributed by atoms with Gasteiger partial charge in [0.05, 0.1) is 13.2 Å². The Bertz CT molecular complexity index is 507. The van der Waals surface area contributed by atoms with Gasteiger partial charge in [0.1, 0.15) is 18.3 Å². The first-order valence-corrected chi connectivity index (χ1v) is 6.18. The van der Waals surface area contributed by atoms with Gasteiger partial charge in [-0.1, -0.05) is 0 Å². The molecule has 0 radical (unpaired) electrons. The second-order valence-corrected chi connectivity index (χ2v) is 4.27. The highest BCUT2D eigenvalue weighted by molar-refractivity contribution is 5.28. The Hall–Kier alpha value is -1.52. The van der Waals surface area contributed by atoms with Crippen LogP contribution in [0.4, 0.5) is 5.82 Å². The summed E-state index contributed by atoms with van der Waals surface area (Å²) < 4.78 is 6.29. The van der Waals surface area contributed by atoms with Gasteiger partial charge in [0, 0.05) is 6.20 Å². The van der Waals surface area contributed by atoms with E-state index >= 15 is 0 Å². The number of nitrogens with one attached hydrogen (secondary N) is 1. The van der Waals surface area contributed by atoms with E-state index in [2.05, 4.69) is 10.5 Å². The topological polar surface area (TPSA) is 126 Å². The predicted molar refractivity (Wildman–Crippen MR) is 66.8 cm³/mol. The Kier molecular flexibility index (Phi) is 4.68. The summed E-state index contributed by atoms with van der Waals surface area (Å²) in [7, 11) is 0. The van der Waals surface area contributed by atoms with E-state index in [-0.39, 0.29) is 5.82 Å². The molecule has 1 aromatic rings. The molecule has 2 heterocycles. The Balaban J connectivity index is 2.19. The Labute approximate surface area is 114 Å². The van der Waals surface area contributed by atoms with Crippen molar-refractivity contribution in [3.63, 3.8) is 0 Å². The number of aromatic nitrogens is 2. The fraction of sp³-hybridized carbons (Fsp3) is 0.636. The fourth-order valence-electron chi connectivity index (χ4n) is 1.92. The van der Waals surface area contributed by atoms with Gasteiger partial charge in [0.15, 0.2) is 12.0 Å². The summed E-state index contributed by atoms with van der Waals surface area (Å²) in [5.41, 5.74) is 1.80. The van der Waals surface area contributed by atoms with Crippen LogP contribution in [0.25, 0.3) is 0 Å². The number of anilines is 1. The van der Waals surface area contributed by atoms with E-state index in [1.54, 1.807) is 6.92 Å². The zero-order valence-corrected chi connectivity index (χ0v) is 10.8. The molecule has 0 saturated carbocycles. The largest absolute Gasteiger partial charge is 0.394 e. The molecule has 0 amide bonds. The van der Waals surface area contributed by atoms with Crippen molar-refractivity contribution >= 4 is 5.82 Å². The maximum Gasteiger partial charge on any atom is 0.351 e. The van der Waals surface area contributed by atoms with E-state index in [4.69, 9.17) is 14.7 Å². The summed E-state index contributed by atoms with van der Waals surface area (Å²) in [5, 5.41) is 28.5. The van der Waals surface area contributed by atoms with Gasteiger partial charge in [-0.2, -0.15) is 4.98 Å². The van der Waals surface area contributed by atoms with Crippen molar-refractivity contribution < 1.29 is 24.9 Å². The van der Waals surface area contributed by atoms with Crippen LogP contribution in [0.1, 0.15) is 13.2 Å². The van der Waals surface area contributed by atoms with Crippen LogP contribution < -0.4 is 11.2 Å². The average Bonchev–Trinajstić information content (AvgIpc) is 2.73. The van der Waals surface area contributed by atoms with Crippen molar-refractivity contribution in [2.45, 2.75) is 31.5 Å². The van der Waals surface area contributed by atoms with E-state index < -0.39 is 36.8 Å². The van der Waals surface area contributed by atoms with Gasteiger partial charge in [-0.15, -0.1) is 0 Å². The van der Waals surface area contributed by atoms with Crippen molar-refractivity contribution in [1.29, 1.82) is 0 Å². The molecule has 112 valence electrons. The quantitative estimate of drug-likeness (QED) is 0.468. The highest BCUT2D eigenvalue weighted by atomic mass is 16.6. The van der Waals surface area contributed by atoms with Crippen molar-refractivity contribution in [1.82, 2.24) is 9.55 Å². The van der Waals surface area contributed by atoms with Crippen molar-refractivity contribution in [3.8, 4) is 0 Å². The monoisotopic (exact) mass is 287 g/mol. The van der Waals surface area contributed by atoms with E-state index in [0.29, 0.717) is 6.61 Å². The van der Waals surface area contributed by atoms with Crippen LogP contribution in [0.3, 0.4) is 0 Å². The van der Waals surface area contributed by atoms with Crippen molar-refractivity contribution in [3.05, 3.63) is 22.7 Å². The molecule has 4 atom stereocenters. The zero-order valence-electron chi connectivity index (χ0n) is 10.8. The molecule has 20 heavy (non-hydrogen) atoms. The molecule has 4 N–H and O–H groups in total. The lowest BCUT2D eigenvalue weighted by molar-refractivity contribution is -0.0549. The van der Waals surface area contributed by atoms with Gasteiger partial charge >= 0.3 is 5.69 Å². The van der Waals surface area contributed by atoms with Gasteiger partial charge in [-0.25, -0.2) is 10.3 Å². The first kappa shape index (κ1) is 14.9. The molecule has 0 bridgehead atoms. The van der Waals surface area contributed by atoms with E-state index in [1.807, 2.05) is 0 Å². The lowest BCUT2D eigenvalue weighted by Gasteiger charge is -2.17. The van der Waals surface area contributed by atoms with Gasteiger partial charge in [0.2, 0.25) is 0 Å². The molecule has 1 aromatic heterocycles. The third kappa shape index (κ3) is 2.81. The molecule has 0 spiro atoms. The lowest BCUT2D eigenvalue weighted by Crippen LogP contribution is -2.36. The smallest absolute Gasteiger partial charge is 0.351 e. The highest BCUT2D eigenvalue weighted by Crippen LogP contribution is 2.27. The Morgan fingerprint density at radius 1 is 1.50 bits per heavy atom. The molecule has 9 heteroatoms. The van der Waals surface area contributed by atoms with Crippen LogP contribution in [0.5, 0.6) is 0 Å². The number of ether oxygens (including phenoxy) is 1. The third-order valence-corrected chi connectivity index (χ3v) is 2.94. The Morgan fingerprint density at radius 3 is 2.80 bits per heavy atom. The predicted octanol–water partition coefficient (Wildman–Crippen LogP) is -1.78. The molecule has 1 fully saturated rings. The first-order chi connectivity index (χ1) is 9.58. The van der Waals surface area contributed by atoms with Crippen LogP contribution in [0.15, 0.2) is 17.1 Å². The zero-order chi connectivity index (χ0) is 14.7. The van der Waals surface area contributed by atoms with E-state index in [1.165, 1.54) is 12.3 Å². The summed E-state index contributed by atoms with van der Waals surface area (Å²) in [6, 6.07) is 1.46. The minimum absolute atomic E-state index is 0.222. The molecule has 2 rings (SSSR count). The molecule has 1 saturated heterocycles. The summed E-state index contributed by atoms with van der Waals surface area (Å²) in [6.07, 6.45) is -3.27. The SMILES string of the molecule is CCONc1ccn([C@@H]2O[C@H](CO)[C@@H](O)[C@H]2O)c(=O)n1. The number of aliphatic hydroxyl groups excluding tert-OH is 3. The highest BCUT2D eigenvalue weighted by Gasteiger charge is 2.43. The standard InChI is InChI=1S/C11H17N3O6/c1-2-19-13-7-3-4-14(11(18)12-7)10-9(17)8(16)6(5-15)20-10/h3-4,6,8-10,15-17H,2,5H2,1H3,(H,12,13,18)/t6-,8-,9-,10-/m1/s1. The van der Waals surface area contributed by atoms with Crippen LogP contribution in [-0.4, -0.2) is 56.4 Å². The Morgan fingerprint density at radius 2 is 2.25 bits per heavy atom. The summed E-state index contributed by atoms with van der Waals surface area (Å²) in [6.45, 7) is 1.72. The molecule has 1 aliphatic rings. The van der Waals surface area contributed by atoms with Gasteiger partial charge in [0.25, 0.3) is 0 Å². The fourth-order valence-corrected chi connectivity index (χ4v) is 1.92. The molecular weight excluding hydrogens is 270 g/mol. The van der Waals surface area contributed by atoms with Crippen LogP contribution >= 0.6 is 0 Å². The van der Waals surface area contributed by atoms with Gasteiger partial charge in [-0.05, 0) is 13.0 Å².